The maximum atomic E-state index is 12.0. The summed E-state index contributed by atoms with van der Waals surface area (Å²) in [4.78, 5) is 23.1. The predicted octanol–water partition coefficient (Wildman–Crippen LogP) is 0.911. The number of esters is 1. The number of hydrogen-bond donors (Lipinski definition) is 0. The van der Waals surface area contributed by atoms with E-state index in [9.17, 15) is 9.59 Å². The van der Waals surface area contributed by atoms with Gasteiger partial charge >= 0.3 is 5.97 Å². The van der Waals surface area contributed by atoms with Crippen LogP contribution in [-0.2, 0) is 16.1 Å². The molecule has 0 unspecified atom stereocenters. The number of carbonyl (C=O) groups is 1. The Morgan fingerprint density at radius 1 is 1.42 bits per heavy atom. The van der Waals surface area contributed by atoms with Gasteiger partial charge in [0.05, 0.1) is 18.5 Å². The Morgan fingerprint density at radius 3 is 3.00 bits per heavy atom. The Morgan fingerprint density at radius 2 is 2.21 bits per heavy atom. The van der Waals surface area contributed by atoms with Crippen LogP contribution in [0.15, 0.2) is 41.2 Å². The summed E-state index contributed by atoms with van der Waals surface area (Å²) in [5.74, 6) is -0.440. The van der Waals surface area contributed by atoms with E-state index in [-0.39, 0.29) is 12.1 Å². The SMILES string of the molecule is CCOC(=O)/C=C/Cn1nnc2ccccc2c1=O. The minimum absolute atomic E-state index is 0.176. The first-order valence-electron chi connectivity index (χ1n) is 5.88. The zero-order valence-corrected chi connectivity index (χ0v) is 10.4. The first kappa shape index (κ1) is 12.9. The summed E-state index contributed by atoms with van der Waals surface area (Å²) >= 11 is 0. The first-order valence-corrected chi connectivity index (χ1v) is 5.88. The van der Waals surface area contributed by atoms with E-state index in [1.807, 2.05) is 0 Å². The first-order chi connectivity index (χ1) is 9.22. The molecule has 0 atom stereocenters. The van der Waals surface area contributed by atoms with Crippen molar-refractivity contribution in [2.75, 3.05) is 6.61 Å². The van der Waals surface area contributed by atoms with Gasteiger partial charge in [-0.05, 0) is 19.1 Å². The lowest BCUT2D eigenvalue weighted by atomic mass is 10.2. The quantitative estimate of drug-likeness (QED) is 0.602. The lowest BCUT2D eigenvalue weighted by molar-refractivity contribution is -0.137. The maximum Gasteiger partial charge on any atom is 0.330 e. The van der Waals surface area contributed by atoms with E-state index in [1.165, 1.54) is 16.8 Å². The van der Waals surface area contributed by atoms with Gasteiger partial charge in [0.1, 0.15) is 5.52 Å². The van der Waals surface area contributed by atoms with Gasteiger partial charge in [0.25, 0.3) is 5.56 Å². The molecule has 0 spiro atoms. The highest BCUT2D eigenvalue weighted by atomic mass is 16.5. The van der Waals surface area contributed by atoms with Crippen molar-refractivity contribution in [2.45, 2.75) is 13.5 Å². The van der Waals surface area contributed by atoms with E-state index in [1.54, 1.807) is 31.2 Å². The number of hydrogen-bond acceptors (Lipinski definition) is 5. The lowest BCUT2D eigenvalue weighted by Crippen LogP contribution is -2.23. The largest absolute Gasteiger partial charge is 0.463 e. The molecule has 98 valence electrons. The van der Waals surface area contributed by atoms with E-state index in [0.717, 1.165) is 0 Å². The van der Waals surface area contributed by atoms with Crippen molar-refractivity contribution in [3.05, 3.63) is 46.8 Å². The molecule has 2 rings (SSSR count). The van der Waals surface area contributed by atoms with Crippen LogP contribution in [-0.4, -0.2) is 27.6 Å². The van der Waals surface area contributed by atoms with Crippen molar-refractivity contribution in [3.8, 4) is 0 Å². The highest BCUT2D eigenvalue weighted by Crippen LogP contribution is 2.03. The second kappa shape index (κ2) is 5.90. The van der Waals surface area contributed by atoms with Gasteiger partial charge in [-0.1, -0.05) is 23.4 Å². The second-order valence-electron chi connectivity index (χ2n) is 3.75. The fraction of sp³-hybridized carbons (Fsp3) is 0.231. The van der Waals surface area contributed by atoms with Gasteiger partial charge in [-0.25, -0.2) is 9.48 Å². The molecule has 0 fully saturated rings. The summed E-state index contributed by atoms with van der Waals surface area (Å²) in [7, 11) is 0. The van der Waals surface area contributed by atoms with Gasteiger partial charge in [0.15, 0.2) is 0 Å². The molecule has 2 aromatic rings. The molecule has 0 aliphatic carbocycles. The number of fused-ring (bicyclic) bond motifs is 1. The average molecular weight is 259 g/mol. The van der Waals surface area contributed by atoms with Crippen molar-refractivity contribution >= 4 is 16.9 Å². The average Bonchev–Trinajstić information content (AvgIpc) is 2.42. The zero-order valence-electron chi connectivity index (χ0n) is 10.4. The van der Waals surface area contributed by atoms with Crippen LogP contribution in [0.5, 0.6) is 0 Å². The summed E-state index contributed by atoms with van der Waals surface area (Å²) in [6, 6.07) is 6.98. The number of carbonyl (C=O) groups excluding carboxylic acids is 1. The van der Waals surface area contributed by atoms with E-state index in [4.69, 9.17) is 4.74 Å². The van der Waals surface area contributed by atoms with Crippen LogP contribution in [0.2, 0.25) is 0 Å². The van der Waals surface area contributed by atoms with Crippen LogP contribution in [0.4, 0.5) is 0 Å². The van der Waals surface area contributed by atoms with Crippen molar-refractivity contribution in [3.63, 3.8) is 0 Å². The van der Waals surface area contributed by atoms with E-state index in [2.05, 4.69) is 10.3 Å². The molecule has 0 aliphatic rings. The monoisotopic (exact) mass is 259 g/mol. The molecule has 0 saturated heterocycles. The highest BCUT2D eigenvalue weighted by molar-refractivity contribution is 5.81. The molecule has 1 aromatic heterocycles. The Bertz CT molecular complexity index is 676. The van der Waals surface area contributed by atoms with Gasteiger partial charge in [-0.3, -0.25) is 4.79 Å². The highest BCUT2D eigenvalue weighted by Gasteiger charge is 2.03. The molecule has 6 nitrogen and oxygen atoms in total. The van der Waals surface area contributed by atoms with Crippen molar-refractivity contribution in [2.24, 2.45) is 0 Å². The third-order valence-electron chi connectivity index (χ3n) is 2.45. The van der Waals surface area contributed by atoms with Crippen LogP contribution >= 0.6 is 0 Å². The van der Waals surface area contributed by atoms with Gasteiger partial charge < -0.3 is 4.74 Å². The molecule has 1 aromatic carbocycles. The second-order valence-corrected chi connectivity index (χ2v) is 3.75. The van der Waals surface area contributed by atoms with Crippen LogP contribution < -0.4 is 5.56 Å². The van der Waals surface area contributed by atoms with Crippen LogP contribution in [0, 0.1) is 0 Å². The van der Waals surface area contributed by atoms with E-state index >= 15 is 0 Å². The van der Waals surface area contributed by atoms with E-state index in [0.29, 0.717) is 17.5 Å². The molecular weight excluding hydrogens is 246 g/mol. The summed E-state index contributed by atoms with van der Waals surface area (Å²) in [5, 5.41) is 8.24. The van der Waals surface area contributed by atoms with Crippen molar-refractivity contribution in [1.82, 2.24) is 15.0 Å². The number of nitrogens with zero attached hydrogens (tertiary/aromatic N) is 3. The standard InChI is InChI=1S/C13H13N3O3/c1-2-19-12(17)8-5-9-16-13(18)10-6-3-4-7-11(10)14-15-16/h3-8H,2,9H2,1H3/b8-5+. The summed E-state index contributed by atoms with van der Waals surface area (Å²) < 4.78 is 5.92. The van der Waals surface area contributed by atoms with Gasteiger partial charge in [0.2, 0.25) is 0 Å². The van der Waals surface area contributed by atoms with Gasteiger partial charge in [-0.15, -0.1) is 5.10 Å². The summed E-state index contributed by atoms with van der Waals surface area (Å²) in [5.41, 5.74) is 0.317. The lowest BCUT2D eigenvalue weighted by Gasteiger charge is -2.01. The Hall–Kier alpha value is -2.50. The fourth-order valence-electron chi connectivity index (χ4n) is 1.58. The Balaban J connectivity index is 2.20. The molecule has 0 bridgehead atoms. The molecule has 0 aliphatic heterocycles. The van der Waals surface area contributed by atoms with E-state index < -0.39 is 5.97 Å². The number of benzene rings is 1. The third-order valence-corrected chi connectivity index (χ3v) is 2.45. The summed E-state index contributed by atoms with van der Waals surface area (Å²) in [6.07, 6.45) is 2.79. The normalized spacial score (nSPS) is 11.0. The van der Waals surface area contributed by atoms with Crippen LogP contribution in [0.3, 0.4) is 0 Å². The zero-order chi connectivity index (χ0) is 13.7. The van der Waals surface area contributed by atoms with Crippen LogP contribution in [0.25, 0.3) is 10.9 Å². The Kier molecular flexibility index (Phi) is 4.02. The van der Waals surface area contributed by atoms with Gasteiger partial charge in [0, 0.05) is 6.08 Å². The molecule has 0 radical (unpaired) electrons. The molecule has 0 N–H and O–H groups in total. The Labute approximate surface area is 109 Å². The predicted molar refractivity (Wildman–Crippen MR) is 69.6 cm³/mol. The molecule has 19 heavy (non-hydrogen) atoms. The molecule has 0 saturated carbocycles. The molecule has 0 amide bonds. The number of aromatic nitrogens is 3. The molecule has 1 heterocycles. The molecular formula is C13H13N3O3. The third kappa shape index (κ3) is 3.04. The fourth-order valence-corrected chi connectivity index (χ4v) is 1.58. The summed E-state index contributed by atoms with van der Waals surface area (Å²) in [6.45, 7) is 2.22. The van der Waals surface area contributed by atoms with Crippen molar-refractivity contribution < 1.29 is 9.53 Å². The smallest absolute Gasteiger partial charge is 0.330 e. The molecule has 6 heteroatoms. The number of allylic oxidation sites excluding steroid dienone is 1. The number of rotatable bonds is 4. The van der Waals surface area contributed by atoms with Crippen LogP contribution in [0.1, 0.15) is 6.92 Å². The maximum absolute atomic E-state index is 12.0. The minimum Gasteiger partial charge on any atom is -0.463 e. The van der Waals surface area contributed by atoms with Gasteiger partial charge in [-0.2, -0.15) is 0 Å². The van der Waals surface area contributed by atoms with Crippen molar-refractivity contribution in [1.29, 1.82) is 0 Å². The minimum atomic E-state index is -0.440. The number of ether oxygens (including phenoxy) is 1. The topological polar surface area (TPSA) is 74.1 Å².